The van der Waals surface area contributed by atoms with Crippen LogP contribution in [0, 0.1) is 0 Å². The van der Waals surface area contributed by atoms with Crippen LogP contribution in [0.3, 0.4) is 0 Å². The summed E-state index contributed by atoms with van der Waals surface area (Å²) in [6.07, 6.45) is 3.48. The number of methoxy groups -OCH3 is 2. The maximum absolute atomic E-state index is 5.95. The van der Waals surface area contributed by atoms with Gasteiger partial charge in [-0.2, -0.15) is 0 Å². The van der Waals surface area contributed by atoms with Crippen molar-refractivity contribution in [3.63, 3.8) is 0 Å². The Balaban J connectivity index is 2.00. The number of allylic oxidation sites excluding steroid dienone is 1. The molecule has 0 fully saturated rings. The first-order valence-corrected chi connectivity index (χ1v) is 8.96. The zero-order chi connectivity index (χ0) is 18.1. The Morgan fingerprint density at radius 2 is 2.20 bits per heavy atom. The van der Waals surface area contributed by atoms with Crippen molar-refractivity contribution in [1.29, 1.82) is 0 Å². The van der Waals surface area contributed by atoms with E-state index >= 15 is 0 Å². The molecule has 0 unspecified atom stereocenters. The monoisotopic (exact) mass is 359 g/mol. The second-order valence-electron chi connectivity index (χ2n) is 5.44. The fourth-order valence-corrected chi connectivity index (χ4v) is 3.21. The van der Waals surface area contributed by atoms with Crippen molar-refractivity contribution in [2.75, 3.05) is 20.8 Å². The van der Waals surface area contributed by atoms with Crippen molar-refractivity contribution in [3.8, 4) is 11.5 Å². The van der Waals surface area contributed by atoms with Crippen LogP contribution in [-0.4, -0.2) is 26.7 Å². The Hall–Kier alpha value is -2.47. The number of nitrogens with one attached hydrogen (secondary N) is 1. The maximum Gasteiger partial charge on any atom is 0.188 e. The second kappa shape index (κ2) is 9.74. The highest BCUT2D eigenvalue weighted by atomic mass is 32.1. The van der Waals surface area contributed by atoms with Crippen LogP contribution >= 0.6 is 11.3 Å². The average Bonchev–Trinajstić information content (AvgIpc) is 3.13. The van der Waals surface area contributed by atoms with Crippen LogP contribution < -0.4 is 20.5 Å². The molecule has 0 saturated heterocycles. The van der Waals surface area contributed by atoms with E-state index in [0.29, 0.717) is 24.7 Å². The predicted molar refractivity (Wildman–Crippen MR) is 105 cm³/mol. The minimum Gasteiger partial charge on any atom is -0.493 e. The first-order chi connectivity index (χ1) is 12.2. The summed E-state index contributed by atoms with van der Waals surface area (Å²) in [6.45, 7) is 5.03. The quantitative estimate of drug-likeness (QED) is 0.410. The molecular weight excluding hydrogens is 334 g/mol. The van der Waals surface area contributed by atoms with Gasteiger partial charge in [0.15, 0.2) is 17.5 Å². The smallest absolute Gasteiger partial charge is 0.188 e. The van der Waals surface area contributed by atoms with E-state index in [1.54, 1.807) is 25.6 Å². The van der Waals surface area contributed by atoms with Gasteiger partial charge in [0.25, 0.3) is 0 Å². The molecule has 2 rings (SSSR count). The van der Waals surface area contributed by atoms with Gasteiger partial charge in [-0.3, -0.25) is 0 Å². The molecule has 0 spiro atoms. The summed E-state index contributed by atoms with van der Waals surface area (Å²) in [4.78, 5) is 5.74. The molecule has 6 heteroatoms. The topological polar surface area (TPSA) is 68.9 Å². The van der Waals surface area contributed by atoms with Crippen LogP contribution in [0.4, 0.5) is 0 Å². The molecular formula is C19H25N3O2S. The van der Waals surface area contributed by atoms with Crippen molar-refractivity contribution < 1.29 is 9.47 Å². The highest BCUT2D eigenvalue weighted by Crippen LogP contribution is 2.33. The highest BCUT2D eigenvalue weighted by molar-refractivity contribution is 7.09. The fourth-order valence-electron chi connectivity index (χ4n) is 2.51. The Kier molecular flexibility index (Phi) is 7.35. The molecule has 1 aromatic carbocycles. The Morgan fingerprint density at radius 1 is 1.36 bits per heavy atom. The van der Waals surface area contributed by atoms with Crippen LogP contribution in [0.15, 0.2) is 47.3 Å². The first kappa shape index (κ1) is 18.9. The minimum atomic E-state index is 0.441. The normalized spacial score (nSPS) is 11.2. The standard InChI is InChI=1S/C19H25N3O2S/c1-4-6-15-11-14(12-17(23-2)18(15)24-3)13-22-19(20)21-9-8-16-7-5-10-25-16/h4-5,7,10-12H,1,6,8-9,13H2,2-3H3,(H3,20,21,22). The Morgan fingerprint density at radius 3 is 2.84 bits per heavy atom. The van der Waals surface area contributed by atoms with Gasteiger partial charge in [-0.05, 0) is 42.0 Å². The van der Waals surface area contributed by atoms with Gasteiger partial charge in [0.05, 0.1) is 20.8 Å². The number of nitrogens with zero attached hydrogens (tertiary/aromatic N) is 1. The van der Waals surface area contributed by atoms with Crippen LogP contribution in [0.25, 0.3) is 0 Å². The number of guanidine groups is 1. The molecule has 0 aliphatic carbocycles. The second-order valence-corrected chi connectivity index (χ2v) is 6.47. The molecule has 0 radical (unpaired) electrons. The minimum absolute atomic E-state index is 0.441. The molecule has 5 nitrogen and oxygen atoms in total. The van der Waals surface area contributed by atoms with Gasteiger partial charge in [0, 0.05) is 17.0 Å². The Bertz CT molecular complexity index is 712. The zero-order valence-electron chi connectivity index (χ0n) is 14.7. The van der Waals surface area contributed by atoms with Crippen molar-refractivity contribution in [2.45, 2.75) is 19.4 Å². The van der Waals surface area contributed by atoms with E-state index in [1.165, 1.54) is 4.88 Å². The number of ether oxygens (including phenoxy) is 2. The van der Waals surface area contributed by atoms with Gasteiger partial charge in [-0.1, -0.05) is 12.1 Å². The number of nitrogens with two attached hydrogens (primary N) is 1. The number of hydrogen-bond acceptors (Lipinski definition) is 4. The van der Waals surface area contributed by atoms with E-state index in [1.807, 2.05) is 18.2 Å². The van der Waals surface area contributed by atoms with Gasteiger partial charge in [0.2, 0.25) is 0 Å². The summed E-state index contributed by atoms with van der Waals surface area (Å²) in [7, 11) is 3.26. The number of hydrogen-bond donors (Lipinski definition) is 2. The van der Waals surface area contributed by atoms with E-state index in [0.717, 1.165) is 29.8 Å². The lowest BCUT2D eigenvalue weighted by molar-refractivity contribution is 0.352. The molecule has 3 N–H and O–H groups in total. The largest absolute Gasteiger partial charge is 0.493 e. The SMILES string of the molecule is C=CCc1cc(CN=C(N)NCCc2cccs2)cc(OC)c1OC. The van der Waals surface area contributed by atoms with E-state index in [4.69, 9.17) is 15.2 Å². The molecule has 0 aliphatic heterocycles. The predicted octanol–water partition coefficient (Wildman–Crippen LogP) is 3.14. The molecule has 1 heterocycles. The van der Waals surface area contributed by atoms with Crippen LogP contribution in [0.5, 0.6) is 11.5 Å². The van der Waals surface area contributed by atoms with Crippen LogP contribution in [0.1, 0.15) is 16.0 Å². The summed E-state index contributed by atoms with van der Waals surface area (Å²) in [6, 6.07) is 8.14. The summed E-state index contributed by atoms with van der Waals surface area (Å²) in [5.74, 6) is 1.87. The lowest BCUT2D eigenvalue weighted by atomic mass is 10.1. The van der Waals surface area contributed by atoms with Crippen molar-refractivity contribution in [3.05, 3.63) is 58.3 Å². The molecule has 0 aliphatic rings. The third-order valence-electron chi connectivity index (χ3n) is 3.67. The van der Waals surface area contributed by atoms with E-state index in [-0.39, 0.29) is 0 Å². The molecule has 0 amide bonds. The van der Waals surface area contributed by atoms with Crippen molar-refractivity contribution in [1.82, 2.24) is 5.32 Å². The van der Waals surface area contributed by atoms with Gasteiger partial charge >= 0.3 is 0 Å². The van der Waals surface area contributed by atoms with Gasteiger partial charge < -0.3 is 20.5 Å². The van der Waals surface area contributed by atoms with E-state index in [9.17, 15) is 0 Å². The van der Waals surface area contributed by atoms with E-state index < -0.39 is 0 Å². The number of aliphatic imine (C=N–C) groups is 1. The summed E-state index contributed by atoms with van der Waals surface area (Å²) in [5.41, 5.74) is 7.99. The molecule has 25 heavy (non-hydrogen) atoms. The Labute approximate surface area is 153 Å². The number of benzene rings is 1. The zero-order valence-corrected chi connectivity index (χ0v) is 15.6. The van der Waals surface area contributed by atoms with E-state index in [2.05, 4.69) is 34.4 Å². The molecule has 134 valence electrons. The maximum atomic E-state index is 5.95. The van der Waals surface area contributed by atoms with Crippen LogP contribution in [0.2, 0.25) is 0 Å². The first-order valence-electron chi connectivity index (χ1n) is 8.08. The van der Waals surface area contributed by atoms with Crippen molar-refractivity contribution >= 4 is 17.3 Å². The number of rotatable bonds is 9. The summed E-state index contributed by atoms with van der Waals surface area (Å²) >= 11 is 1.74. The lowest BCUT2D eigenvalue weighted by Gasteiger charge is -2.14. The van der Waals surface area contributed by atoms with Gasteiger partial charge in [-0.25, -0.2) is 4.99 Å². The highest BCUT2D eigenvalue weighted by Gasteiger charge is 2.11. The van der Waals surface area contributed by atoms with Crippen LogP contribution in [-0.2, 0) is 19.4 Å². The van der Waals surface area contributed by atoms with Gasteiger partial charge in [-0.15, -0.1) is 17.9 Å². The average molecular weight is 359 g/mol. The fraction of sp³-hybridized carbons (Fsp3) is 0.316. The third kappa shape index (κ3) is 5.53. The molecule has 0 saturated carbocycles. The van der Waals surface area contributed by atoms with Crippen molar-refractivity contribution in [2.24, 2.45) is 10.7 Å². The molecule has 0 atom stereocenters. The third-order valence-corrected chi connectivity index (χ3v) is 4.61. The molecule has 1 aromatic heterocycles. The molecule has 2 aromatic rings. The number of thiophene rings is 1. The summed E-state index contributed by atoms with van der Waals surface area (Å²) in [5, 5.41) is 5.22. The van der Waals surface area contributed by atoms with Gasteiger partial charge in [0.1, 0.15) is 0 Å². The lowest BCUT2D eigenvalue weighted by Crippen LogP contribution is -2.33. The molecule has 0 bridgehead atoms. The summed E-state index contributed by atoms with van der Waals surface area (Å²) < 4.78 is 10.9.